The Labute approximate surface area is 242 Å². The maximum Gasteiger partial charge on any atom is 0.314 e. The normalized spacial score (nSPS) is 13.3. The van der Waals surface area contributed by atoms with E-state index in [0.717, 1.165) is 17.2 Å². The molecule has 0 bridgehead atoms. The van der Waals surface area contributed by atoms with Crippen molar-refractivity contribution in [3.05, 3.63) is 107 Å². The Morgan fingerprint density at radius 1 is 1.07 bits per heavy atom. The van der Waals surface area contributed by atoms with Gasteiger partial charge < -0.3 is 24.4 Å². The summed E-state index contributed by atoms with van der Waals surface area (Å²) in [6.07, 6.45) is 0.473. The zero-order chi connectivity index (χ0) is 29.4. The van der Waals surface area contributed by atoms with Crippen LogP contribution in [0, 0.1) is 11.2 Å². The number of amides is 1. The van der Waals surface area contributed by atoms with Gasteiger partial charge in [0, 0.05) is 23.7 Å². The molecule has 2 atom stereocenters. The number of ether oxygens (including phenoxy) is 2. The number of nitrogens with zero attached hydrogens (tertiary/aromatic N) is 1. The topological polar surface area (TPSA) is 111 Å². The van der Waals surface area contributed by atoms with E-state index in [0.29, 0.717) is 22.6 Å². The van der Waals surface area contributed by atoms with E-state index in [9.17, 15) is 19.1 Å². The van der Waals surface area contributed by atoms with E-state index in [2.05, 4.69) is 10.5 Å². The summed E-state index contributed by atoms with van der Waals surface area (Å²) in [4.78, 5) is 26.2. The Morgan fingerprint density at radius 3 is 2.46 bits per heavy atom. The molecule has 8 nitrogen and oxygen atoms in total. The highest BCUT2D eigenvalue weighted by atomic mass is 35.5. The smallest absolute Gasteiger partial charge is 0.314 e. The van der Waals surface area contributed by atoms with Crippen LogP contribution >= 0.6 is 11.6 Å². The third-order valence-electron chi connectivity index (χ3n) is 6.60. The number of hydrogen-bond donors (Lipinski definition) is 2. The van der Waals surface area contributed by atoms with Gasteiger partial charge in [0.05, 0.1) is 18.1 Å². The molecule has 4 aromatic rings. The Kier molecular flexibility index (Phi) is 9.75. The number of rotatable bonds is 12. The lowest BCUT2D eigenvalue weighted by molar-refractivity contribution is -0.160. The fraction of sp³-hybridized carbons (Fsp3) is 0.258. The molecular formula is C31H30ClFN2O6. The minimum atomic E-state index is -1.12. The summed E-state index contributed by atoms with van der Waals surface area (Å²) in [5.74, 6) is -2.10. The fourth-order valence-electron chi connectivity index (χ4n) is 4.59. The van der Waals surface area contributed by atoms with Crippen molar-refractivity contribution < 1.29 is 33.1 Å². The highest BCUT2D eigenvalue weighted by Crippen LogP contribution is 2.30. The number of aromatic hydroxyl groups is 1. The van der Waals surface area contributed by atoms with Gasteiger partial charge in [0.25, 0.3) is 11.8 Å². The molecule has 4 rings (SSSR count). The SMILES string of the molecule is COC[C@](C)(C[C@@H](Cc1ccc(-c2cc(Cl)ccc2F)cc1)NC(=O)c1cc(O)no1)C(=O)OCc1ccccc1. The molecule has 1 heterocycles. The summed E-state index contributed by atoms with van der Waals surface area (Å²) in [6.45, 7) is 1.85. The van der Waals surface area contributed by atoms with E-state index in [-0.39, 0.29) is 25.4 Å². The van der Waals surface area contributed by atoms with Crippen molar-refractivity contribution in [3.8, 4) is 17.0 Å². The summed E-state index contributed by atoms with van der Waals surface area (Å²) in [5, 5.41) is 16.2. The van der Waals surface area contributed by atoms with Gasteiger partial charge in [-0.1, -0.05) is 66.2 Å². The van der Waals surface area contributed by atoms with Crippen LogP contribution in [0.15, 0.2) is 83.4 Å². The molecule has 0 aliphatic heterocycles. The Balaban J connectivity index is 1.55. The lowest BCUT2D eigenvalue weighted by Gasteiger charge is -2.31. The Hall–Kier alpha value is -4.21. The second kappa shape index (κ2) is 13.4. The molecule has 0 unspecified atom stereocenters. The fourth-order valence-corrected chi connectivity index (χ4v) is 4.76. The largest absolute Gasteiger partial charge is 0.491 e. The number of benzene rings is 3. The molecule has 0 saturated carbocycles. The number of hydrogen-bond acceptors (Lipinski definition) is 7. The minimum absolute atomic E-state index is 0.0447. The lowest BCUT2D eigenvalue weighted by Crippen LogP contribution is -2.45. The van der Waals surface area contributed by atoms with Crippen LogP contribution in [0.4, 0.5) is 4.39 Å². The molecule has 2 N–H and O–H groups in total. The summed E-state index contributed by atoms with van der Waals surface area (Å²) in [5.41, 5.74) is 1.55. The van der Waals surface area contributed by atoms with Crippen molar-refractivity contribution in [3.63, 3.8) is 0 Å². The third kappa shape index (κ3) is 7.93. The van der Waals surface area contributed by atoms with Crippen LogP contribution in [0.2, 0.25) is 5.02 Å². The third-order valence-corrected chi connectivity index (χ3v) is 6.83. The van der Waals surface area contributed by atoms with Crippen molar-refractivity contribution in [1.29, 1.82) is 0 Å². The molecule has 0 radical (unpaired) electrons. The van der Waals surface area contributed by atoms with Crippen LogP contribution < -0.4 is 5.32 Å². The van der Waals surface area contributed by atoms with E-state index in [1.54, 1.807) is 25.1 Å². The quantitative estimate of drug-likeness (QED) is 0.199. The maximum atomic E-state index is 14.4. The molecule has 0 fully saturated rings. The van der Waals surface area contributed by atoms with Gasteiger partial charge >= 0.3 is 5.97 Å². The number of aromatic nitrogens is 1. The first-order valence-electron chi connectivity index (χ1n) is 12.9. The van der Waals surface area contributed by atoms with Crippen LogP contribution in [0.5, 0.6) is 5.88 Å². The highest BCUT2D eigenvalue weighted by molar-refractivity contribution is 6.30. The summed E-state index contributed by atoms with van der Waals surface area (Å²) >= 11 is 6.05. The van der Waals surface area contributed by atoms with Gasteiger partial charge in [-0.15, -0.1) is 0 Å². The number of methoxy groups -OCH3 is 1. The first-order valence-corrected chi connectivity index (χ1v) is 13.3. The van der Waals surface area contributed by atoms with E-state index < -0.39 is 35.0 Å². The number of esters is 1. The highest BCUT2D eigenvalue weighted by Gasteiger charge is 2.38. The zero-order valence-electron chi connectivity index (χ0n) is 22.6. The summed E-state index contributed by atoms with van der Waals surface area (Å²) in [6, 6.07) is 21.3. The first-order chi connectivity index (χ1) is 19.7. The Morgan fingerprint density at radius 2 is 1.80 bits per heavy atom. The number of carbonyl (C=O) groups is 2. The van der Waals surface area contributed by atoms with Crippen LogP contribution in [-0.4, -0.2) is 41.9 Å². The van der Waals surface area contributed by atoms with E-state index >= 15 is 0 Å². The van der Waals surface area contributed by atoms with Crippen molar-refractivity contribution in [1.82, 2.24) is 10.5 Å². The molecule has 0 aliphatic carbocycles. The molecule has 3 aromatic carbocycles. The van der Waals surface area contributed by atoms with Crippen molar-refractivity contribution in [2.45, 2.75) is 32.4 Å². The number of carbonyl (C=O) groups excluding carboxylic acids is 2. The van der Waals surface area contributed by atoms with Gasteiger partial charge in [-0.2, -0.15) is 0 Å². The minimum Gasteiger partial charge on any atom is -0.491 e. The van der Waals surface area contributed by atoms with Crippen LogP contribution in [0.3, 0.4) is 0 Å². The molecule has 1 aromatic heterocycles. The predicted octanol–water partition coefficient (Wildman–Crippen LogP) is 5.97. The molecule has 1 amide bonds. The van der Waals surface area contributed by atoms with E-state index in [4.69, 9.17) is 25.6 Å². The zero-order valence-corrected chi connectivity index (χ0v) is 23.4. The lowest BCUT2D eigenvalue weighted by atomic mass is 9.82. The molecule has 214 valence electrons. The summed E-state index contributed by atoms with van der Waals surface area (Å²) < 4.78 is 30.3. The van der Waals surface area contributed by atoms with E-state index in [1.807, 2.05) is 42.5 Å². The predicted molar refractivity (Wildman–Crippen MR) is 151 cm³/mol. The monoisotopic (exact) mass is 580 g/mol. The maximum absolute atomic E-state index is 14.4. The van der Waals surface area contributed by atoms with Crippen LogP contribution in [0.1, 0.15) is 35.0 Å². The summed E-state index contributed by atoms with van der Waals surface area (Å²) in [7, 11) is 1.49. The number of nitrogens with one attached hydrogen (secondary N) is 1. The van der Waals surface area contributed by atoms with E-state index in [1.165, 1.54) is 19.2 Å². The standard InChI is InChI=1S/C31H30ClFN2O6/c1-31(19-39-2,30(38)40-18-21-6-4-3-5-7-21)17-24(34-29(37)27-16-28(36)35-41-27)14-20-8-10-22(11-9-20)25-15-23(32)12-13-26(25)33/h3-13,15-16,24H,14,17-19H2,1-2H3,(H,34,37)(H,35,36)/t24-,31+/m1/s1. The van der Waals surface area contributed by atoms with Gasteiger partial charge in [-0.25, -0.2) is 4.39 Å². The van der Waals surface area contributed by atoms with Crippen molar-refractivity contribution in [2.75, 3.05) is 13.7 Å². The molecule has 41 heavy (non-hydrogen) atoms. The average molecular weight is 581 g/mol. The molecular weight excluding hydrogens is 551 g/mol. The molecule has 0 saturated heterocycles. The van der Waals surface area contributed by atoms with Crippen LogP contribution in [0.25, 0.3) is 11.1 Å². The van der Waals surface area contributed by atoms with Crippen LogP contribution in [-0.2, 0) is 27.3 Å². The van der Waals surface area contributed by atoms with Gasteiger partial charge in [-0.3, -0.25) is 9.59 Å². The Bertz CT molecular complexity index is 1480. The van der Waals surface area contributed by atoms with Gasteiger partial charge in [0.1, 0.15) is 12.4 Å². The van der Waals surface area contributed by atoms with Crippen molar-refractivity contribution in [2.24, 2.45) is 5.41 Å². The second-order valence-electron chi connectivity index (χ2n) is 10.0. The van der Waals surface area contributed by atoms with Gasteiger partial charge in [-0.05, 0) is 59.8 Å². The second-order valence-corrected chi connectivity index (χ2v) is 10.4. The molecule has 0 aliphatic rings. The first kappa shape index (κ1) is 29.8. The van der Waals surface area contributed by atoms with Crippen molar-refractivity contribution >= 4 is 23.5 Å². The average Bonchev–Trinajstić information content (AvgIpc) is 3.40. The van der Waals surface area contributed by atoms with Gasteiger partial charge in [0.2, 0.25) is 5.76 Å². The van der Waals surface area contributed by atoms with Gasteiger partial charge in [0.15, 0.2) is 0 Å². The molecule has 10 heteroatoms. The number of halogens is 2. The molecule has 0 spiro atoms.